The van der Waals surface area contributed by atoms with Gasteiger partial charge < -0.3 is 24.1 Å². The average molecular weight is 401 g/mol. The lowest BCUT2D eigenvalue weighted by molar-refractivity contribution is -0.233. The summed E-state index contributed by atoms with van der Waals surface area (Å²) in [5.74, 6) is -1.30. The predicted octanol–water partition coefficient (Wildman–Crippen LogP) is 1.34. The van der Waals surface area contributed by atoms with E-state index in [2.05, 4.69) is 0 Å². The summed E-state index contributed by atoms with van der Waals surface area (Å²) >= 11 is 5.65. The molecule has 2 aliphatic carbocycles. The van der Waals surface area contributed by atoms with Gasteiger partial charge in [-0.3, -0.25) is 9.59 Å². The minimum Gasteiger partial charge on any atom is -0.465 e. The Morgan fingerprint density at radius 2 is 2.15 bits per heavy atom. The second-order valence-corrected chi connectivity index (χ2v) is 8.61. The molecular weight excluding hydrogens is 376 g/mol. The fourth-order valence-corrected chi connectivity index (χ4v) is 5.65. The third kappa shape index (κ3) is 2.38. The molecule has 0 aromatic rings. The SMILES string of the molecule is CC(=O)OC[C@]12CCC(C)=C[C@H]1O[C@@H]1[C@H](O)[C@@H](OC(=O)CCl)[C@@]2(C)[C@@]12CO2. The maximum absolute atomic E-state index is 12.0. The van der Waals surface area contributed by atoms with Gasteiger partial charge in [0.1, 0.15) is 36.4 Å². The number of halogens is 1. The van der Waals surface area contributed by atoms with Gasteiger partial charge in [0.15, 0.2) is 0 Å². The van der Waals surface area contributed by atoms with Crippen LogP contribution in [0.4, 0.5) is 0 Å². The molecule has 7 nitrogen and oxygen atoms in total. The highest BCUT2D eigenvalue weighted by Crippen LogP contribution is 2.72. The van der Waals surface area contributed by atoms with Gasteiger partial charge in [0.2, 0.25) is 0 Å². The van der Waals surface area contributed by atoms with Gasteiger partial charge in [-0.25, -0.2) is 0 Å². The maximum atomic E-state index is 12.0. The second-order valence-electron chi connectivity index (χ2n) is 8.34. The Balaban J connectivity index is 1.84. The molecule has 0 unspecified atom stereocenters. The quantitative estimate of drug-likeness (QED) is 0.329. The van der Waals surface area contributed by atoms with Crippen LogP contribution >= 0.6 is 11.6 Å². The van der Waals surface area contributed by atoms with Gasteiger partial charge in [0, 0.05) is 12.3 Å². The Bertz CT molecular complexity index is 702. The van der Waals surface area contributed by atoms with Gasteiger partial charge in [-0.05, 0) is 19.8 Å². The Labute approximate surface area is 162 Å². The third-order valence-corrected chi connectivity index (χ3v) is 7.38. The molecule has 2 saturated heterocycles. The van der Waals surface area contributed by atoms with Crippen molar-refractivity contribution in [3.63, 3.8) is 0 Å². The van der Waals surface area contributed by atoms with E-state index in [1.165, 1.54) is 12.5 Å². The summed E-state index contributed by atoms with van der Waals surface area (Å²) in [6.45, 7) is 5.86. The Morgan fingerprint density at radius 1 is 1.44 bits per heavy atom. The lowest BCUT2D eigenvalue weighted by Crippen LogP contribution is -2.66. The number of fused-ring (bicyclic) bond motifs is 2. The van der Waals surface area contributed by atoms with Crippen LogP contribution in [0.1, 0.15) is 33.6 Å². The van der Waals surface area contributed by atoms with Crippen LogP contribution in [-0.4, -0.2) is 66.2 Å². The van der Waals surface area contributed by atoms with Crippen molar-refractivity contribution in [2.75, 3.05) is 19.1 Å². The van der Waals surface area contributed by atoms with Crippen molar-refractivity contribution in [2.24, 2.45) is 10.8 Å². The Hall–Kier alpha value is -1.15. The van der Waals surface area contributed by atoms with E-state index in [9.17, 15) is 14.7 Å². The monoisotopic (exact) mass is 400 g/mol. The summed E-state index contributed by atoms with van der Waals surface area (Å²) in [7, 11) is 0. The number of rotatable bonds is 4. The highest BCUT2D eigenvalue weighted by atomic mass is 35.5. The van der Waals surface area contributed by atoms with Crippen molar-refractivity contribution in [1.29, 1.82) is 0 Å². The lowest BCUT2D eigenvalue weighted by atomic mass is 9.51. The maximum Gasteiger partial charge on any atom is 0.321 e. The number of aliphatic hydroxyl groups excluding tert-OH is 1. The van der Waals surface area contributed by atoms with E-state index < -0.39 is 46.7 Å². The topological polar surface area (TPSA) is 94.6 Å². The van der Waals surface area contributed by atoms with Crippen LogP contribution in [0.25, 0.3) is 0 Å². The van der Waals surface area contributed by atoms with Crippen molar-refractivity contribution in [2.45, 2.75) is 63.6 Å². The van der Waals surface area contributed by atoms with Crippen LogP contribution < -0.4 is 0 Å². The fraction of sp³-hybridized carbons (Fsp3) is 0.789. The fourth-order valence-electron chi connectivity index (χ4n) is 5.59. The molecule has 1 spiro atoms. The number of esters is 2. The molecule has 8 heteroatoms. The predicted molar refractivity (Wildman–Crippen MR) is 94.1 cm³/mol. The first-order valence-electron chi connectivity index (χ1n) is 9.25. The van der Waals surface area contributed by atoms with Crippen molar-refractivity contribution < 1.29 is 33.6 Å². The molecule has 27 heavy (non-hydrogen) atoms. The number of ether oxygens (including phenoxy) is 4. The van der Waals surface area contributed by atoms with Gasteiger partial charge in [0.05, 0.1) is 18.1 Å². The molecule has 2 aliphatic heterocycles. The standard InChI is InChI=1S/C19H25ClO7/c1-10-4-5-18(8-24-11(2)21)12(6-10)26-16-14(23)15(27-13(22)7-20)17(18,3)19(16)9-25-19/h6,12,14-16,23H,4-5,7-9H2,1-3H3/t12-,14-,15-,16-,17-,18-,19-/m1/s1. The molecule has 1 N–H and O–H groups in total. The average Bonchev–Trinajstić information content (AvgIpc) is 3.41. The first kappa shape index (κ1) is 19.2. The molecule has 0 amide bonds. The van der Waals surface area contributed by atoms with E-state index in [0.29, 0.717) is 13.0 Å². The van der Waals surface area contributed by atoms with Crippen molar-refractivity contribution in [3.8, 4) is 0 Å². The summed E-state index contributed by atoms with van der Waals surface area (Å²) < 4.78 is 23.3. The van der Waals surface area contributed by atoms with Gasteiger partial charge in [-0.2, -0.15) is 0 Å². The van der Waals surface area contributed by atoms with Crippen molar-refractivity contribution in [3.05, 3.63) is 11.6 Å². The van der Waals surface area contributed by atoms with E-state index in [0.717, 1.165) is 6.42 Å². The number of allylic oxidation sites excluding steroid dienone is 1. The Morgan fingerprint density at radius 3 is 2.74 bits per heavy atom. The van der Waals surface area contributed by atoms with E-state index in [-0.39, 0.29) is 18.6 Å². The zero-order valence-electron chi connectivity index (χ0n) is 15.7. The molecule has 3 fully saturated rings. The van der Waals surface area contributed by atoms with Gasteiger partial charge in [-0.1, -0.05) is 18.6 Å². The summed E-state index contributed by atoms with van der Waals surface area (Å²) in [4.78, 5) is 23.6. The number of epoxide rings is 1. The number of hydrogen-bond donors (Lipinski definition) is 1. The zero-order chi connectivity index (χ0) is 19.6. The van der Waals surface area contributed by atoms with Crippen LogP contribution in [0.15, 0.2) is 11.6 Å². The zero-order valence-corrected chi connectivity index (χ0v) is 16.5. The van der Waals surface area contributed by atoms with Crippen LogP contribution in [0.2, 0.25) is 0 Å². The molecule has 2 bridgehead atoms. The molecule has 150 valence electrons. The second kappa shape index (κ2) is 6.17. The summed E-state index contributed by atoms with van der Waals surface area (Å²) in [6, 6.07) is 0. The van der Waals surface area contributed by atoms with E-state index in [4.69, 9.17) is 30.5 Å². The normalized spacial score (nSPS) is 47.2. The number of aliphatic hydroxyl groups is 1. The highest BCUT2D eigenvalue weighted by Gasteiger charge is 2.85. The van der Waals surface area contributed by atoms with Crippen molar-refractivity contribution >= 4 is 23.5 Å². The van der Waals surface area contributed by atoms with E-state index in [1.54, 1.807) is 0 Å². The largest absolute Gasteiger partial charge is 0.465 e. The smallest absolute Gasteiger partial charge is 0.321 e. The van der Waals surface area contributed by atoms with Gasteiger partial charge in [-0.15, -0.1) is 11.6 Å². The molecule has 2 heterocycles. The van der Waals surface area contributed by atoms with Crippen LogP contribution in [-0.2, 0) is 28.5 Å². The minimum absolute atomic E-state index is 0.104. The van der Waals surface area contributed by atoms with Crippen molar-refractivity contribution in [1.82, 2.24) is 0 Å². The highest BCUT2D eigenvalue weighted by molar-refractivity contribution is 6.26. The van der Waals surface area contributed by atoms with Crippen LogP contribution in [0, 0.1) is 10.8 Å². The van der Waals surface area contributed by atoms with Gasteiger partial charge >= 0.3 is 11.9 Å². The number of alkyl halides is 1. The lowest BCUT2D eigenvalue weighted by Gasteiger charge is -2.58. The molecular formula is C19H25ClO7. The number of carbonyl (C=O) groups excluding carboxylic acids is 2. The first-order chi connectivity index (χ1) is 12.7. The van der Waals surface area contributed by atoms with Gasteiger partial charge in [0.25, 0.3) is 0 Å². The molecule has 7 atom stereocenters. The molecule has 1 saturated carbocycles. The Kier molecular flexibility index (Phi) is 4.39. The number of carbonyl (C=O) groups is 2. The summed E-state index contributed by atoms with van der Waals surface area (Å²) in [6.07, 6.45) is 0.610. The molecule has 0 aromatic carbocycles. The summed E-state index contributed by atoms with van der Waals surface area (Å²) in [5, 5.41) is 11.0. The molecule has 0 aromatic heterocycles. The molecule has 0 radical (unpaired) electrons. The molecule has 4 aliphatic rings. The van der Waals surface area contributed by atoms with E-state index in [1.807, 2.05) is 19.9 Å². The van der Waals surface area contributed by atoms with E-state index >= 15 is 0 Å². The van der Waals surface area contributed by atoms with Crippen LogP contribution in [0.3, 0.4) is 0 Å². The number of hydrogen-bond acceptors (Lipinski definition) is 7. The molecule has 4 rings (SSSR count). The summed E-state index contributed by atoms with van der Waals surface area (Å²) in [5.41, 5.74) is -1.06. The van der Waals surface area contributed by atoms with Crippen LogP contribution in [0.5, 0.6) is 0 Å². The third-order valence-electron chi connectivity index (χ3n) is 7.16. The first-order valence-corrected chi connectivity index (χ1v) is 9.79. The minimum atomic E-state index is -1.04.